The Balaban J connectivity index is 2.47. The van der Waals surface area contributed by atoms with Gasteiger partial charge >= 0.3 is 0 Å². The highest BCUT2D eigenvalue weighted by molar-refractivity contribution is 7.05. The number of benzene rings is 1. The molecule has 0 aliphatic rings. The van der Waals surface area contributed by atoms with Crippen molar-refractivity contribution in [2.24, 2.45) is 5.84 Å². The molecule has 0 bridgehead atoms. The van der Waals surface area contributed by atoms with E-state index < -0.39 is 0 Å². The van der Waals surface area contributed by atoms with Crippen molar-refractivity contribution in [2.75, 3.05) is 0 Å². The molecule has 19 heavy (non-hydrogen) atoms. The lowest BCUT2D eigenvalue weighted by Crippen LogP contribution is -2.29. The summed E-state index contributed by atoms with van der Waals surface area (Å²) in [4.78, 5) is 1.10. The van der Waals surface area contributed by atoms with Crippen LogP contribution in [0.1, 0.15) is 53.1 Å². The maximum absolute atomic E-state index is 5.77. The molecule has 1 heterocycles. The lowest BCUT2D eigenvalue weighted by Gasteiger charge is -2.19. The number of aromatic nitrogens is 2. The van der Waals surface area contributed by atoms with Crippen molar-refractivity contribution < 1.29 is 0 Å². The summed E-state index contributed by atoms with van der Waals surface area (Å²) < 4.78 is 4.08. The maximum atomic E-state index is 5.77. The van der Waals surface area contributed by atoms with E-state index in [1.807, 2.05) is 0 Å². The van der Waals surface area contributed by atoms with Crippen LogP contribution in [0.2, 0.25) is 0 Å². The van der Waals surface area contributed by atoms with Crippen molar-refractivity contribution in [2.45, 2.75) is 39.7 Å². The Hall–Kier alpha value is -1.30. The molecule has 2 aromatic rings. The van der Waals surface area contributed by atoms with Crippen molar-refractivity contribution in [3.05, 3.63) is 45.5 Å². The first-order valence-electron chi connectivity index (χ1n) is 6.40. The van der Waals surface area contributed by atoms with Crippen LogP contribution in [-0.4, -0.2) is 9.59 Å². The van der Waals surface area contributed by atoms with Crippen molar-refractivity contribution in [1.29, 1.82) is 0 Å². The van der Waals surface area contributed by atoms with Crippen LogP contribution < -0.4 is 11.3 Å². The van der Waals surface area contributed by atoms with Gasteiger partial charge < -0.3 is 0 Å². The molecule has 0 saturated carbocycles. The molecule has 1 aromatic carbocycles. The number of hydrogen-bond donors (Lipinski definition) is 2. The molecule has 102 valence electrons. The van der Waals surface area contributed by atoms with Crippen molar-refractivity contribution in [3.63, 3.8) is 0 Å². The number of nitrogens with two attached hydrogens (primary N) is 1. The lowest BCUT2D eigenvalue weighted by atomic mass is 9.96. The minimum absolute atomic E-state index is 0.0435. The van der Waals surface area contributed by atoms with E-state index in [0.29, 0.717) is 5.92 Å². The molecular formula is C14H20N4S. The van der Waals surface area contributed by atoms with E-state index in [1.54, 1.807) is 0 Å². The fourth-order valence-corrected chi connectivity index (χ4v) is 3.15. The molecule has 0 spiro atoms. The van der Waals surface area contributed by atoms with Crippen molar-refractivity contribution in [3.8, 4) is 0 Å². The van der Waals surface area contributed by atoms with Crippen LogP contribution in [0.4, 0.5) is 0 Å². The summed E-state index contributed by atoms with van der Waals surface area (Å²) in [7, 11) is 0. The molecule has 1 unspecified atom stereocenters. The van der Waals surface area contributed by atoms with Crippen LogP contribution in [0.5, 0.6) is 0 Å². The van der Waals surface area contributed by atoms with Gasteiger partial charge in [-0.25, -0.2) is 5.43 Å². The molecule has 3 N–H and O–H groups in total. The maximum Gasteiger partial charge on any atom is 0.0840 e. The Morgan fingerprint density at radius 1 is 1.26 bits per heavy atom. The first-order valence-corrected chi connectivity index (χ1v) is 7.17. The van der Waals surface area contributed by atoms with Gasteiger partial charge in [0.2, 0.25) is 0 Å². The average molecular weight is 276 g/mol. The highest BCUT2D eigenvalue weighted by Crippen LogP contribution is 2.31. The van der Waals surface area contributed by atoms with E-state index >= 15 is 0 Å². The summed E-state index contributed by atoms with van der Waals surface area (Å²) in [5.74, 6) is 6.12. The Morgan fingerprint density at radius 2 is 2.00 bits per heavy atom. The van der Waals surface area contributed by atoms with Crippen LogP contribution in [0.25, 0.3) is 0 Å². The minimum atomic E-state index is -0.0435. The topological polar surface area (TPSA) is 63.8 Å². The molecule has 0 aliphatic heterocycles. The highest BCUT2D eigenvalue weighted by atomic mass is 32.1. The fourth-order valence-electron chi connectivity index (χ4n) is 2.26. The predicted octanol–water partition coefficient (Wildman–Crippen LogP) is 2.83. The van der Waals surface area contributed by atoms with Crippen LogP contribution in [0.15, 0.2) is 18.2 Å². The molecule has 0 aliphatic carbocycles. The Labute approximate surface area is 118 Å². The van der Waals surface area contributed by atoms with E-state index in [2.05, 4.69) is 60.9 Å². The minimum Gasteiger partial charge on any atom is -0.271 e. The molecule has 0 amide bonds. The number of nitrogens with one attached hydrogen (secondary N) is 1. The van der Waals surface area contributed by atoms with Gasteiger partial charge in [-0.2, -0.15) is 0 Å². The van der Waals surface area contributed by atoms with Crippen LogP contribution in [-0.2, 0) is 0 Å². The number of aryl methyl sites for hydroxylation is 2. The summed E-state index contributed by atoms with van der Waals surface area (Å²) in [5, 5.41) is 4.23. The molecule has 0 radical (unpaired) electrons. The summed E-state index contributed by atoms with van der Waals surface area (Å²) in [5.41, 5.74) is 7.59. The van der Waals surface area contributed by atoms with Crippen LogP contribution in [0.3, 0.4) is 0 Å². The zero-order chi connectivity index (χ0) is 14.0. The molecular weight excluding hydrogens is 256 g/mol. The van der Waals surface area contributed by atoms with Crippen molar-refractivity contribution in [1.82, 2.24) is 15.0 Å². The molecule has 2 rings (SSSR count). The van der Waals surface area contributed by atoms with Crippen LogP contribution in [0, 0.1) is 13.8 Å². The molecule has 0 saturated heterocycles. The average Bonchev–Trinajstić information content (AvgIpc) is 2.82. The van der Waals surface area contributed by atoms with Crippen LogP contribution >= 0.6 is 11.5 Å². The quantitative estimate of drug-likeness (QED) is 0.666. The van der Waals surface area contributed by atoms with Gasteiger partial charge in [-0.1, -0.05) is 42.1 Å². The summed E-state index contributed by atoms with van der Waals surface area (Å²) in [6, 6.07) is 6.36. The van der Waals surface area contributed by atoms with Gasteiger partial charge in [-0.15, -0.1) is 5.10 Å². The molecule has 5 heteroatoms. The first kappa shape index (κ1) is 14.1. The number of hydrazine groups is 1. The summed E-state index contributed by atoms with van der Waals surface area (Å²) in [6.07, 6.45) is 0. The van der Waals surface area contributed by atoms with E-state index in [9.17, 15) is 0 Å². The predicted molar refractivity (Wildman–Crippen MR) is 79.1 cm³/mol. The standard InChI is InChI=1S/C14H20N4S/c1-8(2)12-14(19-18-17-12)13(16-15)11-6-5-9(3)7-10(11)4/h5-8,13,16H,15H2,1-4H3. The third kappa shape index (κ3) is 2.83. The Bertz CT molecular complexity index is 562. The smallest absolute Gasteiger partial charge is 0.0840 e. The Kier molecular flexibility index (Phi) is 4.29. The molecule has 1 atom stereocenters. The monoisotopic (exact) mass is 276 g/mol. The highest BCUT2D eigenvalue weighted by Gasteiger charge is 2.22. The second kappa shape index (κ2) is 5.77. The normalized spacial score (nSPS) is 12.9. The van der Waals surface area contributed by atoms with Gasteiger partial charge in [0.1, 0.15) is 0 Å². The van der Waals surface area contributed by atoms with E-state index in [-0.39, 0.29) is 6.04 Å². The van der Waals surface area contributed by atoms with Gasteiger partial charge in [0.25, 0.3) is 0 Å². The van der Waals surface area contributed by atoms with Gasteiger partial charge in [0, 0.05) is 0 Å². The Morgan fingerprint density at radius 3 is 2.58 bits per heavy atom. The molecule has 0 fully saturated rings. The fraction of sp³-hybridized carbons (Fsp3) is 0.429. The largest absolute Gasteiger partial charge is 0.271 e. The van der Waals surface area contributed by atoms with E-state index in [4.69, 9.17) is 5.84 Å². The SMILES string of the molecule is Cc1ccc(C(NN)c2snnc2C(C)C)c(C)c1. The second-order valence-corrected chi connectivity index (χ2v) is 5.92. The third-order valence-electron chi connectivity index (χ3n) is 3.25. The van der Waals surface area contributed by atoms with Gasteiger partial charge in [-0.05, 0) is 42.4 Å². The van der Waals surface area contributed by atoms with E-state index in [1.165, 1.54) is 28.2 Å². The number of nitrogens with zero attached hydrogens (tertiary/aromatic N) is 2. The van der Waals surface area contributed by atoms with Gasteiger partial charge in [0.05, 0.1) is 16.6 Å². The van der Waals surface area contributed by atoms with Gasteiger partial charge in [-0.3, -0.25) is 5.84 Å². The number of hydrogen-bond acceptors (Lipinski definition) is 5. The van der Waals surface area contributed by atoms with Crippen molar-refractivity contribution >= 4 is 11.5 Å². The number of rotatable bonds is 4. The van der Waals surface area contributed by atoms with Gasteiger partial charge in [0.15, 0.2) is 0 Å². The first-order chi connectivity index (χ1) is 9.04. The molecule has 1 aromatic heterocycles. The van der Waals surface area contributed by atoms with E-state index in [0.717, 1.165) is 10.6 Å². The lowest BCUT2D eigenvalue weighted by molar-refractivity contribution is 0.628. The summed E-state index contributed by atoms with van der Waals surface area (Å²) >= 11 is 1.41. The summed E-state index contributed by atoms with van der Waals surface area (Å²) in [6.45, 7) is 8.44. The molecule has 4 nitrogen and oxygen atoms in total. The second-order valence-electron chi connectivity index (χ2n) is 5.14. The zero-order valence-electron chi connectivity index (χ0n) is 11.8. The zero-order valence-corrected chi connectivity index (χ0v) is 12.6. The third-order valence-corrected chi connectivity index (χ3v) is 4.06.